The van der Waals surface area contributed by atoms with Crippen LogP contribution in [0, 0.1) is 0 Å². The number of hydrogen-bond acceptors (Lipinski definition) is 4. The molecule has 0 bridgehead atoms. The van der Waals surface area contributed by atoms with Crippen LogP contribution in [0.1, 0.15) is 6.92 Å². The normalized spacial score (nSPS) is 9.36. The lowest BCUT2D eigenvalue weighted by Gasteiger charge is -1.96. The Hall–Kier alpha value is -1.18. The minimum absolute atomic E-state index is 0.312. The highest BCUT2D eigenvalue weighted by Gasteiger charge is 1.95. The molecular weight excluding hydrogens is 210 g/mol. The molecule has 0 saturated carbocycles. The Labute approximate surface area is 82.7 Å². The summed E-state index contributed by atoms with van der Waals surface area (Å²) in [4.78, 5) is 10.4. The maximum Gasteiger partial charge on any atom is 0.287 e. The van der Waals surface area contributed by atoms with Gasteiger partial charge in [0.2, 0.25) is 5.91 Å². The maximum absolute atomic E-state index is 10.4. The van der Waals surface area contributed by atoms with Gasteiger partial charge in [0, 0.05) is 5.57 Å². The lowest BCUT2D eigenvalue weighted by molar-refractivity contribution is -0.118. The minimum Gasteiger partial charge on any atom is -0.376 e. The smallest absolute Gasteiger partial charge is 0.287 e. The van der Waals surface area contributed by atoms with Gasteiger partial charge in [-0.3, -0.25) is 9.35 Å². The van der Waals surface area contributed by atoms with Gasteiger partial charge in [-0.25, -0.2) is 0 Å². The Bertz CT molecular complexity index is 294. The van der Waals surface area contributed by atoms with Crippen molar-refractivity contribution in [1.82, 2.24) is 5.32 Å². The van der Waals surface area contributed by atoms with Crippen molar-refractivity contribution in [3.63, 3.8) is 0 Å². The summed E-state index contributed by atoms with van der Waals surface area (Å²) in [5, 5.41) is 10.7. The van der Waals surface area contributed by atoms with Crippen LogP contribution in [0.15, 0.2) is 24.1 Å². The molecule has 0 spiro atoms. The molecule has 6 nitrogen and oxygen atoms in total. The number of nitrogens with one attached hydrogen (secondary N) is 1. The van der Waals surface area contributed by atoms with Gasteiger partial charge in [-0.1, -0.05) is 13.2 Å². The van der Waals surface area contributed by atoms with E-state index < -0.39 is 10.1 Å². The fourth-order valence-electron chi connectivity index (χ4n) is 0.223. The van der Waals surface area contributed by atoms with Crippen molar-refractivity contribution >= 4 is 16.0 Å². The predicted octanol–water partition coefficient (Wildman–Crippen LogP) is -0.354. The molecule has 0 aromatic carbocycles. The third-order valence-corrected chi connectivity index (χ3v) is 1.26. The highest BCUT2D eigenvalue weighted by Crippen LogP contribution is 1.82. The van der Waals surface area contributed by atoms with Crippen molar-refractivity contribution in [3.8, 4) is 0 Å². The van der Waals surface area contributed by atoms with Crippen LogP contribution in [0.2, 0.25) is 0 Å². The van der Waals surface area contributed by atoms with E-state index in [1.54, 1.807) is 6.92 Å². The minimum atomic E-state index is -3.90. The fourth-order valence-corrected chi connectivity index (χ4v) is 0.223. The average molecular weight is 223 g/mol. The number of aliphatic hydroxyl groups is 1. The Morgan fingerprint density at radius 2 is 1.93 bits per heavy atom. The lowest BCUT2D eigenvalue weighted by Crippen LogP contribution is -2.24. The summed E-state index contributed by atoms with van der Waals surface area (Å²) >= 11 is 0. The number of hydrogen-bond donors (Lipinski definition) is 3. The Morgan fingerprint density at radius 3 is 2.00 bits per heavy atom. The van der Waals surface area contributed by atoms with Gasteiger partial charge in [0.15, 0.2) is 0 Å². The number of carbonyl (C=O) groups excluding carboxylic acids is 1. The van der Waals surface area contributed by atoms with Crippen LogP contribution in [0.5, 0.6) is 0 Å². The highest BCUT2D eigenvalue weighted by molar-refractivity contribution is 7.88. The van der Waals surface area contributed by atoms with E-state index in [4.69, 9.17) is 9.66 Å². The van der Waals surface area contributed by atoms with Gasteiger partial charge < -0.3 is 10.4 Å². The van der Waals surface area contributed by atoms with Gasteiger partial charge >= 0.3 is 0 Å². The van der Waals surface area contributed by atoms with E-state index >= 15 is 0 Å². The standard InChI is InChI=1S/C5H9NO2.C2H4O3S/c1-4(2)5(8)6-3-7;1-2-6(3,4)5/h7H,1,3H2,2H3,(H,6,8);2H,1H2,(H,3,4,5). The SMILES string of the molecule is C=C(C)C(=O)NCO.C=CS(=O)(=O)O. The van der Waals surface area contributed by atoms with Gasteiger partial charge in [0.05, 0.1) is 5.41 Å². The third kappa shape index (κ3) is 13.4. The molecule has 0 saturated heterocycles. The second-order valence-electron chi connectivity index (χ2n) is 2.13. The van der Waals surface area contributed by atoms with Crippen molar-refractivity contribution in [2.75, 3.05) is 6.73 Å². The first-order valence-corrected chi connectivity index (χ1v) is 4.89. The molecule has 0 unspecified atom stereocenters. The summed E-state index contributed by atoms with van der Waals surface area (Å²) in [5.41, 5.74) is 0.402. The zero-order valence-electron chi connectivity index (χ0n) is 7.73. The molecule has 0 rings (SSSR count). The summed E-state index contributed by atoms with van der Waals surface area (Å²) in [6.45, 7) is 7.39. The molecule has 0 aliphatic carbocycles. The molecule has 82 valence electrons. The van der Waals surface area contributed by atoms with E-state index in [-0.39, 0.29) is 12.6 Å². The number of aliphatic hydroxyl groups excluding tert-OH is 1. The van der Waals surface area contributed by atoms with E-state index in [1.165, 1.54) is 0 Å². The van der Waals surface area contributed by atoms with Crippen LogP contribution in [0.25, 0.3) is 0 Å². The average Bonchev–Trinajstić information content (AvgIpc) is 2.04. The van der Waals surface area contributed by atoms with Crippen LogP contribution in [-0.2, 0) is 14.9 Å². The van der Waals surface area contributed by atoms with Crippen molar-refractivity contribution in [2.45, 2.75) is 6.92 Å². The van der Waals surface area contributed by atoms with Gasteiger partial charge in [0.1, 0.15) is 6.73 Å². The Morgan fingerprint density at radius 1 is 1.57 bits per heavy atom. The van der Waals surface area contributed by atoms with Gasteiger partial charge in [-0.05, 0) is 6.92 Å². The molecule has 0 heterocycles. The van der Waals surface area contributed by atoms with E-state index in [0.29, 0.717) is 11.0 Å². The first-order chi connectivity index (χ1) is 6.24. The zero-order chi connectivity index (χ0) is 11.8. The largest absolute Gasteiger partial charge is 0.376 e. The summed E-state index contributed by atoms with van der Waals surface area (Å²) in [6, 6.07) is 0. The van der Waals surface area contributed by atoms with E-state index in [0.717, 1.165) is 0 Å². The van der Waals surface area contributed by atoms with E-state index in [2.05, 4.69) is 18.5 Å². The Balaban J connectivity index is 0. The lowest BCUT2D eigenvalue weighted by atomic mass is 10.3. The molecule has 0 fully saturated rings. The van der Waals surface area contributed by atoms with Crippen LogP contribution < -0.4 is 5.32 Å². The van der Waals surface area contributed by atoms with Crippen LogP contribution >= 0.6 is 0 Å². The molecule has 0 radical (unpaired) electrons. The summed E-state index contributed by atoms with van der Waals surface area (Å²) < 4.78 is 26.6. The summed E-state index contributed by atoms with van der Waals surface area (Å²) in [6.07, 6.45) is 0. The first kappa shape index (κ1) is 15.3. The van der Waals surface area contributed by atoms with Gasteiger partial charge in [-0.2, -0.15) is 8.42 Å². The van der Waals surface area contributed by atoms with E-state index in [1.807, 2.05) is 0 Å². The van der Waals surface area contributed by atoms with Crippen molar-refractivity contribution in [3.05, 3.63) is 24.1 Å². The molecule has 3 N–H and O–H groups in total. The molecule has 7 heteroatoms. The van der Waals surface area contributed by atoms with Gasteiger partial charge in [0.25, 0.3) is 10.1 Å². The summed E-state index contributed by atoms with van der Waals surface area (Å²) in [7, 11) is -3.90. The van der Waals surface area contributed by atoms with Crippen LogP contribution in [0.4, 0.5) is 0 Å². The number of carbonyl (C=O) groups is 1. The summed E-state index contributed by atoms with van der Waals surface area (Å²) in [5.74, 6) is -0.312. The topological polar surface area (TPSA) is 104 Å². The molecular formula is C7H13NO5S. The third-order valence-electron chi connectivity index (χ3n) is 0.838. The fraction of sp³-hybridized carbons (Fsp3) is 0.286. The second-order valence-corrected chi connectivity index (χ2v) is 3.49. The zero-order valence-corrected chi connectivity index (χ0v) is 8.54. The predicted molar refractivity (Wildman–Crippen MR) is 51.8 cm³/mol. The maximum atomic E-state index is 10.4. The van der Waals surface area contributed by atoms with Crippen molar-refractivity contribution in [2.24, 2.45) is 0 Å². The Kier molecular flexibility index (Phi) is 7.92. The highest BCUT2D eigenvalue weighted by atomic mass is 32.2. The van der Waals surface area contributed by atoms with Crippen molar-refractivity contribution < 1.29 is 22.9 Å². The molecule has 0 aromatic heterocycles. The molecule has 0 aromatic rings. The van der Waals surface area contributed by atoms with Gasteiger partial charge in [-0.15, -0.1) is 0 Å². The molecule has 0 aliphatic heterocycles. The second kappa shape index (κ2) is 7.25. The molecule has 0 aliphatic rings. The molecule has 14 heavy (non-hydrogen) atoms. The van der Waals surface area contributed by atoms with Crippen LogP contribution in [-0.4, -0.2) is 30.7 Å². The molecule has 0 atom stereocenters. The monoisotopic (exact) mass is 223 g/mol. The van der Waals surface area contributed by atoms with E-state index in [9.17, 15) is 13.2 Å². The number of rotatable bonds is 3. The first-order valence-electron chi connectivity index (χ1n) is 3.39. The number of amides is 1. The van der Waals surface area contributed by atoms with Crippen LogP contribution in [0.3, 0.4) is 0 Å². The quantitative estimate of drug-likeness (QED) is 0.344. The molecule has 1 amide bonds. The van der Waals surface area contributed by atoms with Crippen molar-refractivity contribution in [1.29, 1.82) is 0 Å².